The molecule has 0 unspecified atom stereocenters. The van der Waals surface area contributed by atoms with Crippen molar-refractivity contribution in [3.05, 3.63) is 108 Å². The smallest absolute Gasteiger partial charge is 0.264 e. The van der Waals surface area contributed by atoms with Crippen LogP contribution in [0.3, 0.4) is 0 Å². The van der Waals surface area contributed by atoms with Gasteiger partial charge in [0, 0.05) is 42.4 Å². The number of fused-ring (bicyclic) bond motifs is 1. The maximum absolute atomic E-state index is 12.7. The molecule has 8 nitrogen and oxygen atoms in total. The van der Waals surface area contributed by atoms with E-state index in [1.165, 1.54) is 47.9 Å². The molecule has 0 fully saturated rings. The fraction of sp³-hybridized carbons (Fsp3) is 0.115. The molecule has 1 aliphatic rings. The maximum atomic E-state index is 12.7. The molecule has 0 aliphatic carbocycles. The summed E-state index contributed by atoms with van der Waals surface area (Å²) in [6.45, 7) is 1.78. The Morgan fingerprint density at radius 2 is 1.60 bits per heavy atom. The molecule has 9 heteroatoms. The minimum atomic E-state index is -3.84. The normalized spacial score (nSPS) is 12.7. The fourth-order valence-electron chi connectivity index (χ4n) is 4.00. The van der Waals surface area contributed by atoms with Crippen molar-refractivity contribution >= 4 is 33.3 Å². The molecule has 0 spiro atoms. The molecule has 4 aromatic rings. The van der Waals surface area contributed by atoms with Gasteiger partial charge in [0.2, 0.25) is 5.95 Å². The first kappa shape index (κ1) is 22.5. The van der Waals surface area contributed by atoms with Crippen molar-refractivity contribution < 1.29 is 13.2 Å². The number of rotatable bonds is 7. The highest BCUT2D eigenvalue weighted by Crippen LogP contribution is 2.28. The first-order chi connectivity index (χ1) is 17.0. The van der Waals surface area contributed by atoms with Crippen LogP contribution in [-0.4, -0.2) is 30.8 Å². The van der Waals surface area contributed by atoms with Crippen LogP contribution in [0.2, 0.25) is 0 Å². The molecule has 1 amide bonds. The second-order valence-electron chi connectivity index (χ2n) is 8.15. The lowest BCUT2D eigenvalue weighted by Crippen LogP contribution is -2.19. The number of carbonyl (C=O) groups is 1. The molecule has 3 aromatic carbocycles. The highest BCUT2D eigenvalue weighted by molar-refractivity contribution is 7.92. The Bertz CT molecular complexity index is 1440. The van der Waals surface area contributed by atoms with E-state index < -0.39 is 10.0 Å². The zero-order chi connectivity index (χ0) is 24.3. The SMILES string of the molecule is O=C(Nc1ccc(S(=O)(=O)Nc2ncccn2)cc1)c1ccc(CN2CCc3ccccc32)cc1. The van der Waals surface area contributed by atoms with Crippen LogP contribution in [0.4, 0.5) is 17.3 Å². The summed E-state index contributed by atoms with van der Waals surface area (Å²) in [5.74, 6) is -0.281. The number of amides is 1. The van der Waals surface area contributed by atoms with Crippen molar-refractivity contribution in [2.75, 3.05) is 21.5 Å². The zero-order valence-electron chi connectivity index (χ0n) is 18.8. The second-order valence-corrected chi connectivity index (χ2v) is 9.84. The molecule has 1 aliphatic heterocycles. The molecule has 1 aromatic heterocycles. The number of anilines is 3. The number of nitrogens with one attached hydrogen (secondary N) is 2. The molecule has 0 bridgehead atoms. The van der Waals surface area contributed by atoms with Crippen molar-refractivity contribution in [3.8, 4) is 0 Å². The topological polar surface area (TPSA) is 104 Å². The van der Waals surface area contributed by atoms with Crippen LogP contribution in [0.5, 0.6) is 0 Å². The maximum Gasteiger partial charge on any atom is 0.264 e. The minimum Gasteiger partial charge on any atom is -0.367 e. The lowest BCUT2D eigenvalue weighted by molar-refractivity contribution is 0.102. The molecule has 0 atom stereocenters. The number of sulfonamides is 1. The van der Waals surface area contributed by atoms with E-state index in [0.29, 0.717) is 11.3 Å². The lowest BCUT2D eigenvalue weighted by Gasteiger charge is -2.19. The van der Waals surface area contributed by atoms with Crippen LogP contribution in [0.1, 0.15) is 21.5 Å². The predicted octanol–water partition coefficient (Wildman–Crippen LogP) is 4.09. The van der Waals surface area contributed by atoms with Crippen LogP contribution < -0.4 is 14.9 Å². The van der Waals surface area contributed by atoms with Gasteiger partial charge in [-0.3, -0.25) is 4.79 Å². The van der Waals surface area contributed by atoms with Gasteiger partial charge in [0.25, 0.3) is 15.9 Å². The summed E-state index contributed by atoms with van der Waals surface area (Å²) in [5.41, 5.74) is 4.78. The minimum absolute atomic E-state index is 0.0118. The highest BCUT2D eigenvalue weighted by atomic mass is 32.2. The van der Waals surface area contributed by atoms with E-state index in [1.807, 2.05) is 12.1 Å². The largest absolute Gasteiger partial charge is 0.367 e. The summed E-state index contributed by atoms with van der Waals surface area (Å²) in [4.78, 5) is 22.8. The molecule has 176 valence electrons. The highest BCUT2D eigenvalue weighted by Gasteiger charge is 2.19. The third-order valence-corrected chi connectivity index (χ3v) is 7.13. The molecule has 5 rings (SSSR count). The summed E-state index contributed by atoms with van der Waals surface area (Å²) >= 11 is 0. The van der Waals surface area contributed by atoms with Gasteiger partial charge in [0.15, 0.2) is 0 Å². The Morgan fingerprint density at radius 1 is 0.886 bits per heavy atom. The van der Waals surface area contributed by atoms with Gasteiger partial charge in [-0.2, -0.15) is 0 Å². The Morgan fingerprint density at radius 3 is 2.34 bits per heavy atom. The third-order valence-electron chi connectivity index (χ3n) is 5.79. The predicted molar refractivity (Wildman–Crippen MR) is 135 cm³/mol. The van der Waals surface area contributed by atoms with Crippen molar-refractivity contribution in [2.24, 2.45) is 0 Å². The Balaban J connectivity index is 1.20. The summed E-state index contributed by atoms with van der Waals surface area (Å²) in [5, 5.41) is 2.80. The van der Waals surface area contributed by atoms with Gasteiger partial charge in [-0.15, -0.1) is 0 Å². The first-order valence-corrected chi connectivity index (χ1v) is 12.6. The Hall–Kier alpha value is -4.24. The van der Waals surface area contributed by atoms with Gasteiger partial charge in [-0.05, 0) is 66.1 Å². The van der Waals surface area contributed by atoms with Gasteiger partial charge in [-0.25, -0.2) is 23.1 Å². The van der Waals surface area contributed by atoms with E-state index in [4.69, 9.17) is 0 Å². The number of hydrogen-bond acceptors (Lipinski definition) is 6. The van der Waals surface area contributed by atoms with Crippen molar-refractivity contribution in [2.45, 2.75) is 17.9 Å². The summed E-state index contributed by atoms with van der Waals surface area (Å²) in [7, 11) is -3.84. The van der Waals surface area contributed by atoms with Crippen LogP contribution in [0, 0.1) is 0 Å². The average Bonchev–Trinajstić information content (AvgIpc) is 3.28. The van der Waals surface area contributed by atoms with Crippen LogP contribution in [0.15, 0.2) is 96.2 Å². The van der Waals surface area contributed by atoms with E-state index >= 15 is 0 Å². The number of para-hydroxylation sites is 1. The van der Waals surface area contributed by atoms with Crippen LogP contribution in [-0.2, 0) is 23.0 Å². The Kier molecular flexibility index (Phi) is 6.15. The Labute approximate surface area is 203 Å². The molecule has 2 heterocycles. The van der Waals surface area contributed by atoms with E-state index in [9.17, 15) is 13.2 Å². The van der Waals surface area contributed by atoms with E-state index in [1.54, 1.807) is 18.2 Å². The van der Waals surface area contributed by atoms with Gasteiger partial charge in [-0.1, -0.05) is 30.3 Å². The number of hydrogen-bond donors (Lipinski definition) is 2. The molecule has 0 saturated carbocycles. The van der Waals surface area contributed by atoms with Gasteiger partial charge in [0.05, 0.1) is 4.90 Å². The van der Waals surface area contributed by atoms with Gasteiger partial charge in [0.1, 0.15) is 0 Å². The molecule has 35 heavy (non-hydrogen) atoms. The number of carbonyl (C=O) groups excluding carboxylic acids is 1. The summed E-state index contributed by atoms with van der Waals surface area (Å²) < 4.78 is 27.3. The van der Waals surface area contributed by atoms with E-state index in [-0.39, 0.29) is 16.8 Å². The molecular weight excluding hydrogens is 462 g/mol. The van der Waals surface area contributed by atoms with E-state index in [2.05, 4.69) is 49.2 Å². The zero-order valence-corrected chi connectivity index (χ0v) is 19.6. The number of nitrogens with zero attached hydrogens (tertiary/aromatic N) is 3. The van der Waals surface area contributed by atoms with Crippen LogP contribution >= 0.6 is 0 Å². The molecule has 0 saturated heterocycles. The van der Waals surface area contributed by atoms with Crippen molar-refractivity contribution in [1.29, 1.82) is 0 Å². The molecule has 2 N–H and O–H groups in total. The van der Waals surface area contributed by atoms with Crippen molar-refractivity contribution in [1.82, 2.24) is 9.97 Å². The van der Waals surface area contributed by atoms with Crippen LogP contribution in [0.25, 0.3) is 0 Å². The second kappa shape index (κ2) is 9.55. The monoisotopic (exact) mass is 485 g/mol. The van der Waals surface area contributed by atoms with Gasteiger partial charge < -0.3 is 10.2 Å². The third kappa shape index (κ3) is 5.15. The van der Waals surface area contributed by atoms with E-state index in [0.717, 1.165) is 25.1 Å². The summed E-state index contributed by atoms with van der Waals surface area (Å²) in [6.07, 6.45) is 3.94. The quantitative estimate of drug-likeness (QED) is 0.409. The fourth-order valence-corrected chi connectivity index (χ4v) is 4.96. The standard InChI is InChI=1S/C26H23N5O3S/c32-25(21-8-6-19(7-9-21)18-31-17-14-20-4-1-2-5-24(20)31)29-22-10-12-23(13-11-22)35(33,34)30-26-27-15-3-16-28-26/h1-13,15-16H,14,17-18H2,(H,29,32)(H,27,28,30). The van der Waals surface area contributed by atoms with Crippen molar-refractivity contribution in [3.63, 3.8) is 0 Å². The molecular formula is C26H23N5O3S. The number of benzene rings is 3. The summed E-state index contributed by atoms with van der Waals surface area (Å²) in [6, 6.07) is 23.5. The molecule has 0 radical (unpaired) electrons. The first-order valence-electron chi connectivity index (χ1n) is 11.1. The van der Waals surface area contributed by atoms with Gasteiger partial charge >= 0.3 is 0 Å². The average molecular weight is 486 g/mol. The number of aromatic nitrogens is 2. The lowest BCUT2D eigenvalue weighted by atomic mass is 10.1.